The summed E-state index contributed by atoms with van der Waals surface area (Å²) in [6, 6.07) is 2.05. The molecule has 12 heavy (non-hydrogen) atoms. The van der Waals surface area contributed by atoms with Gasteiger partial charge in [0.2, 0.25) is 0 Å². The fourth-order valence-corrected chi connectivity index (χ4v) is 1.81. The van der Waals surface area contributed by atoms with Crippen molar-refractivity contribution in [1.82, 2.24) is 9.55 Å². The van der Waals surface area contributed by atoms with Crippen LogP contribution in [0.1, 0.15) is 0 Å². The van der Waals surface area contributed by atoms with Crippen molar-refractivity contribution < 1.29 is 0 Å². The van der Waals surface area contributed by atoms with Crippen LogP contribution in [0.25, 0.3) is 0 Å². The summed E-state index contributed by atoms with van der Waals surface area (Å²) < 4.78 is 1.92. The molecule has 0 amide bonds. The van der Waals surface area contributed by atoms with Gasteiger partial charge in [0.1, 0.15) is 11.0 Å². The number of nitriles is 1. The maximum absolute atomic E-state index is 8.68. The number of hydrogen-bond acceptors (Lipinski definition) is 4. The Morgan fingerprint density at radius 1 is 1.75 bits per heavy atom. The molecule has 0 saturated carbocycles. The number of thioether (sulfide) groups is 1. The normalized spacial score (nSPS) is 15.6. The van der Waals surface area contributed by atoms with Gasteiger partial charge >= 0.3 is 0 Å². The van der Waals surface area contributed by atoms with Gasteiger partial charge in [0.05, 0.1) is 12.2 Å². The van der Waals surface area contributed by atoms with Crippen molar-refractivity contribution in [1.29, 1.82) is 5.26 Å². The quantitative estimate of drug-likeness (QED) is 0.634. The van der Waals surface area contributed by atoms with Crippen LogP contribution in [-0.2, 0) is 6.54 Å². The molecule has 1 aromatic heterocycles. The van der Waals surface area contributed by atoms with Gasteiger partial charge in [0, 0.05) is 12.4 Å². The molecule has 0 spiro atoms. The number of hydrogen-bond donors (Lipinski definition) is 1. The van der Waals surface area contributed by atoms with Crippen LogP contribution in [0.5, 0.6) is 0 Å². The number of nitrogens with zero attached hydrogens (tertiary/aromatic N) is 3. The average Bonchev–Trinajstić information content (AvgIpc) is 2.49. The van der Waals surface area contributed by atoms with E-state index in [1.807, 2.05) is 16.8 Å². The van der Waals surface area contributed by atoms with Crippen LogP contribution in [0.3, 0.4) is 0 Å². The third-order valence-corrected chi connectivity index (χ3v) is 2.68. The monoisotopic (exact) mass is 178 g/mol. The molecule has 0 saturated heterocycles. The molecule has 1 aliphatic rings. The molecule has 4 nitrogen and oxygen atoms in total. The zero-order valence-electron chi connectivity index (χ0n) is 6.19. The Morgan fingerprint density at radius 2 is 2.58 bits per heavy atom. The van der Waals surface area contributed by atoms with Crippen molar-refractivity contribution in [3.8, 4) is 6.07 Å². The molecule has 0 atom stereocenters. The first-order chi connectivity index (χ1) is 5.81. The minimum absolute atomic E-state index is 0.564. The second-order valence-corrected chi connectivity index (χ2v) is 3.38. The van der Waals surface area contributed by atoms with Crippen molar-refractivity contribution >= 4 is 11.8 Å². The predicted octanol–water partition coefficient (Wildman–Crippen LogP) is 0.683. The lowest BCUT2D eigenvalue weighted by Crippen LogP contribution is -2.14. The first-order valence-corrected chi connectivity index (χ1v) is 4.20. The van der Waals surface area contributed by atoms with E-state index in [0.717, 1.165) is 5.16 Å². The zero-order chi connectivity index (χ0) is 8.55. The van der Waals surface area contributed by atoms with Crippen LogP contribution in [-0.4, -0.2) is 9.55 Å². The lowest BCUT2D eigenvalue weighted by atomic mass is 10.4. The van der Waals surface area contributed by atoms with Gasteiger partial charge in [0.25, 0.3) is 0 Å². The van der Waals surface area contributed by atoms with Gasteiger partial charge < -0.3 is 10.3 Å². The summed E-state index contributed by atoms with van der Waals surface area (Å²) in [5.41, 5.74) is 6.27. The predicted molar refractivity (Wildman–Crippen MR) is 44.9 cm³/mol. The standard InChI is InChI=1S/C7H6N4S/c8-3-6-5(9)4-11-2-1-10-7(11)12-6/h1-2H,4,9H2. The summed E-state index contributed by atoms with van der Waals surface area (Å²) in [5, 5.41) is 9.51. The van der Waals surface area contributed by atoms with Crippen LogP contribution < -0.4 is 5.73 Å². The number of rotatable bonds is 0. The topological polar surface area (TPSA) is 67.6 Å². The molecule has 0 unspecified atom stereocenters. The fourth-order valence-electron chi connectivity index (χ4n) is 1.03. The molecule has 0 aromatic carbocycles. The van der Waals surface area contributed by atoms with E-state index in [-0.39, 0.29) is 0 Å². The minimum atomic E-state index is 0.564. The van der Waals surface area contributed by atoms with E-state index >= 15 is 0 Å². The highest BCUT2D eigenvalue weighted by Gasteiger charge is 2.16. The van der Waals surface area contributed by atoms with Gasteiger partial charge in [-0.15, -0.1) is 0 Å². The Kier molecular flexibility index (Phi) is 1.55. The Morgan fingerprint density at radius 3 is 3.33 bits per heavy atom. The summed E-state index contributed by atoms with van der Waals surface area (Å²) in [5.74, 6) is 0. The smallest absolute Gasteiger partial charge is 0.173 e. The van der Waals surface area contributed by atoms with Crippen molar-refractivity contribution in [3.63, 3.8) is 0 Å². The first-order valence-electron chi connectivity index (χ1n) is 3.39. The molecule has 0 fully saturated rings. The Labute approximate surface area is 73.7 Å². The second kappa shape index (κ2) is 2.57. The summed E-state index contributed by atoms with van der Waals surface area (Å²) in [7, 11) is 0. The molecule has 2 rings (SSSR count). The lowest BCUT2D eigenvalue weighted by molar-refractivity contribution is 0.685. The molecule has 0 radical (unpaired) electrons. The van der Waals surface area contributed by atoms with E-state index in [1.54, 1.807) is 6.20 Å². The molecule has 5 heteroatoms. The summed E-state index contributed by atoms with van der Waals surface area (Å²) >= 11 is 1.32. The minimum Gasteiger partial charge on any atom is -0.399 e. The lowest BCUT2D eigenvalue weighted by Gasteiger charge is -2.13. The van der Waals surface area contributed by atoms with Crippen LogP contribution in [0.4, 0.5) is 0 Å². The second-order valence-electron chi connectivity index (χ2n) is 2.41. The highest BCUT2D eigenvalue weighted by Crippen LogP contribution is 2.30. The average molecular weight is 178 g/mol. The molecule has 0 aliphatic carbocycles. The van der Waals surface area contributed by atoms with Crippen LogP contribution in [0.2, 0.25) is 0 Å². The molecule has 2 N–H and O–H groups in total. The van der Waals surface area contributed by atoms with E-state index in [0.29, 0.717) is 17.1 Å². The van der Waals surface area contributed by atoms with Gasteiger partial charge in [-0.3, -0.25) is 0 Å². The van der Waals surface area contributed by atoms with E-state index in [2.05, 4.69) is 4.98 Å². The van der Waals surface area contributed by atoms with Gasteiger partial charge in [-0.05, 0) is 11.8 Å². The Balaban J connectivity index is 2.42. The zero-order valence-corrected chi connectivity index (χ0v) is 7.01. The van der Waals surface area contributed by atoms with Gasteiger partial charge in [0.15, 0.2) is 5.16 Å². The van der Waals surface area contributed by atoms with E-state index in [4.69, 9.17) is 11.0 Å². The highest BCUT2D eigenvalue weighted by molar-refractivity contribution is 8.03. The van der Waals surface area contributed by atoms with Crippen LogP contribution in [0, 0.1) is 11.3 Å². The molecular formula is C7H6N4S. The third kappa shape index (κ3) is 0.970. The first kappa shape index (κ1) is 7.25. The number of fused-ring (bicyclic) bond motifs is 1. The Bertz CT molecular complexity index is 384. The van der Waals surface area contributed by atoms with Crippen molar-refractivity contribution in [2.45, 2.75) is 11.7 Å². The molecule has 1 aromatic rings. The van der Waals surface area contributed by atoms with Gasteiger partial charge in [-0.2, -0.15) is 5.26 Å². The third-order valence-electron chi connectivity index (χ3n) is 1.60. The van der Waals surface area contributed by atoms with Crippen LogP contribution in [0.15, 0.2) is 28.2 Å². The van der Waals surface area contributed by atoms with Gasteiger partial charge in [-0.1, -0.05) is 0 Å². The maximum Gasteiger partial charge on any atom is 0.173 e. The van der Waals surface area contributed by atoms with E-state index in [1.165, 1.54) is 11.8 Å². The van der Waals surface area contributed by atoms with Crippen molar-refractivity contribution in [3.05, 3.63) is 23.0 Å². The number of aromatic nitrogens is 2. The molecule has 1 aliphatic heterocycles. The van der Waals surface area contributed by atoms with Crippen LogP contribution >= 0.6 is 11.8 Å². The maximum atomic E-state index is 8.68. The Hall–Kier alpha value is -1.41. The summed E-state index contributed by atoms with van der Waals surface area (Å²) in [6.45, 7) is 0.575. The highest BCUT2D eigenvalue weighted by atomic mass is 32.2. The molecular weight excluding hydrogens is 172 g/mol. The van der Waals surface area contributed by atoms with E-state index in [9.17, 15) is 0 Å². The molecule has 0 bridgehead atoms. The largest absolute Gasteiger partial charge is 0.399 e. The number of nitrogens with two attached hydrogens (primary N) is 1. The van der Waals surface area contributed by atoms with Crippen molar-refractivity contribution in [2.75, 3.05) is 0 Å². The molecule has 60 valence electrons. The van der Waals surface area contributed by atoms with Gasteiger partial charge in [-0.25, -0.2) is 4.98 Å². The van der Waals surface area contributed by atoms with E-state index < -0.39 is 0 Å². The fraction of sp³-hybridized carbons (Fsp3) is 0.143. The SMILES string of the molecule is N#CC1=C(N)Cn2ccnc2S1. The summed E-state index contributed by atoms with van der Waals surface area (Å²) in [4.78, 5) is 4.64. The number of imidazole rings is 1. The molecule has 2 heterocycles. The number of allylic oxidation sites excluding steroid dienone is 2. The summed E-state index contributed by atoms with van der Waals surface area (Å²) in [6.07, 6.45) is 3.55. The van der Waals surface area contributed by atoms with Crippen molar-refractivity contribution in [2.24, 2.45) is 5.73 Å².